The molecule has 1 unspecified atom stereocenters. The Labute approximate surface area is 171 Å². The van der Waals surface area contributed by atoms with Gasteiger partial charge in [0.05, 0.1) is 5.56 Å². The zero-order valence-electron chi connectivity index (χ0n) is 17.8. The molecule has 2 heteroatoms. The van der Waals surface area contributed by atoms with E-state index in [0.29, 0.717) is 5.56 Å². The number of benzene rings is 1. The highest BCUT2D eigenvalue weighted by Gasteiger charge is 2.56. The molecule has 1 aromatic rings. The maximum Gasteiger partial charge on any atom is 0.335 e. The van der Waals surface area contributed by atoms with Crippen LogP contribution < -0.4 is 0 Å². The molecule has 0 amide bonds. The van der Waals surface area contributed by atoms with E-state index in [1.807, 2.05) is 0 Å². The van der Waals surface area contributed by atoms with Crippen molar-refractivity contribution in [3.8, 4) is 0 Å². The van der Waals surface area contributed by atoms with Crippen LogP contribution in [0.15, 0.2) is 30.3 Å². The predicted molar refractivity (Wildman–Crippen MR) is 114 cm³/mol. The number of rotatable bonds is 1. The maximum absolute atomic E-state index is 10.2. The van der Waals surface area contributed by atoms with E-state index in [1.165, 1.54) is 19.3 Å². The summed E-state index contributed by atoms with van der Waals surface area (Å²) in [6.07, 6.45) is 17.1. The van der Waals surface area contributed by atoms with Gasteiger partial charge in [-0.3, -0.25) is 0 Å². The van der Waals surface area contributed by atoms with Crippen molar-refractivity contribution in [2.45, 2.75) is 84.5 Å². The molecule has 1 N–H and O–H groups in total. The second kappa shape index (κ2) is 7.84. The molecule has 0 heterocycles. The van der Waals surface area contributed by atoms with Gasteiger partial charge in [-0.1, -0.05) is 51.3 Å². The van der Waals surface area contributed by atoms with Crippen LogP contribution in [0.4, 0.5) is 0 Å². The Bertz CT molecular complexity index is 683. The van der Waals surface area contributed by atoms with Crippen molar-refractivity contribution in [1.29, 1.82) is 0 Å². The number of hydrogen-bond acceptors (Lipinski definition) is 1. The van der Waals surface area contributed by atoms with Gasteiger partial charge in [-0.25, -0.2) is 4.79 Å². The third-order valence-corrected chi connectivity index (χ3v) is 9.39. The van der Waals surface area contributed by atoms with E-state index in [1.54, 1.807) is 81.7 Å². The summed E-state index contributed by atoms with van der Waals surface area (Å²) in [5.41, 5.74) is 1.82. The summed E-state index contributed by atoms with van der Waals surface area (Å²) in [6.45, 7) is 5.33. The Morgan fingerprint density at radius 1 is 0.857 bits per heavy atom. The molecule has 4 aliphatic carbocycles. The molecular formula is C26H38O2. The van der Waals surface area contributed by atoms with Crippen molar-refractivity contribution in [3.63, 3.8) is 0 Å². The van der Waals surface area contributed by atoms with Crippen molar-refractivity contribution in [1.82, 2.24) is 0 Å². The summed E-state index contributed by atoms with van der Waals surface area (Å²) in [7, 11) is 0. The first-order valence-corrected chi connectivity index (χ1v) is 11.7. The van der Waals surface area contributed by atoms with Gasteiger partial charge >= 0.3 is 5.97 Å². The first kappa shape index (κ1) is 20.0. The monoisotopic (exact) mass is 382 g/mol. The molecule has 0 spiro atoms. The molecule has 4 aliphatic rings. The van der Waals surface area contributed by atoms with Gasteiger partial charge < -0.3 is 5.11 Å². The summed E-state index contributed by atoms with van der Waals surface area (Å²) in [6, 6.07) is 8.30. The normalized spacial score (nSPS) is 41.6. The van der Waals surface area contributed by atoms with E-state index in [4.69, 9.17) is 5.11 Å². The lowest BCUT2D eigenvalue weighted by molar-refractivity contribution is -0.103. The summed E-state index contributed by atoms with van der Waals surface area (Å²) in [5.74, 6) is 3.53. The van der Waals surface area contributed by atoms with Gasteiger partial charge in [-0.15, -0.1) is 0 Å². The van der Waals surface area contributed by atoms with Crippen LogP contribution in [0.1, 0.15) is 94.8 Å². The molecule has 0 aromatic heterocycles. The quantitative estimate of drug-likeness (QED) is 0.558. The summed E-state index contributed by atoms with van der Waals surface area (Å²) >= 11 is 0. The van der Waals surface area contributed by atoms with Crippen LogP contribution in [0.25, 0.3) is 0 Å². The van der Waals surface area contributed by atoms with Gasteiger partial charge in [0.1, 0.15) is 0 Å². The number of aromatic carboxylic acids is 1. The lowest BCUT2D eigenvalue weighted by Gasteiger charge is -2.60. The lowest BCUT2D eigenvalue weighted by atomic mass is 9.45. The highest BCUT2D eigenvalue weighted by atomic mass is 16.4. The van der Waals surface area contributed by atoms with E-state index in [0.717, 1.165) is 34.5 Å². The molecular weight excluding hydrogens is 344 g/mol. The van der Waals surface area contributed by atoms with Crippen molar-refractivity contribution in [2.75, 3.05) is 0 Å². The minimum atomic E-state index is -0.879. The Kier molecular flexibility index (Phi) is 5.60. The maximum atomic E-state index is 10.2. The van der Waals surface area contributed by atoms with Crippen LogP contribution in [-0.4, -0.2) is 11.1 Å². The van der Waals surface area contributed by atoms with E-state index >= 15 is 0 Å². The number of carbonyl (C=O) groups is 1. The van der Waals surface area contributed by atoms with E-state index in [-0.39, 0.29) is 0 Å². The molecule has 4 fully saturated rings. The molecule has 0 aliphatic heterocycles. The third-order valence-electron chi connectivity index (χ3n) is 9.39. The average molecular weight is 383 g/mol. The van der Waals surface area contributed by atoms with Crippen molar-refractivity contribution >= 4 is 5.97 Å². The van der Waals surface area contributed by atoms with Crippen LogP contribution in [0, 0.1) is 34.5 Å². The SMILES string of the molecule is C[C@@]12CCC[C@H]1[C@@H]1CCC3CCCC[C@]3(C)[C@H]1CC2.O=C(O)c1ccccc1. The number of fused-ring (bicyclic) bond motifs is 5. The van der Waals surface area contributed by atoms with E-state index in [2.05, 4.69) is 13.8 Å². The zero-order chi connectivity index (χ0) is 19.8. The molecule has 28 heavy (non-hydrogen) atoms. The standard InChI is InChI=1S/C19H32.C7H6O2/c1-18-11-5-7-16(18)15-9-8-14-6-3-4-12-19(14,2)17(15)10-13-18;8-7(9)6-4-2-1-3-5-6/h14-17H,3-13H2,1-2H3;1-5H,(H,8,9)/t14?,15-,16-,17-,18-,19-;/m0./s1. The van der Waals surface area contributed by atoms with Crippen LogP contribution in [0.3, 0.4) is 0 Å². The smallest absolute Gasteiger partial charge is 0.335 e. The Morgan fingerprint density at radius 3 is 2.36 bits per heavy atom. The fourth-order valence-electron chi connectivity index (χ4n) is 7.87. The number of carboxylic acids is 1. The Hall–Kier alpha value is -1.31. The molecule has 0 saturated heterocycles. The highest BCUT2D eigenvalue weighted by molar-refractivity contribution is 5.87. The molecule has 5 rings (SSSR count). The molecule has 1 aromatic carbocycles. The molecule has 0 bridgehead atoms. The largest absolute Gasteiger partial charge is 0.478 e. The van der Waals surface area contributed by atoms with Crippen molar-refractivity contribution in [3.05, 3.63) is 35.9 Å². The van der Waals surface area contributed by atoms with Crippen molar-refractivity contribution in [2.24, 2.45) is 34.5 Å². The first-order valence-electron chi connectivity index (χ1n) is 11.7. The molecule has 154 valence electrons. The van der Waals surface area contributed by atoms with Crippen molar-refractivity contribution < 1.29 is 9.90 Å². The van der Waals surface area contributed by atoms with Gasteiger partial charge in [0.25, 0.3) is 0 Å². The minimum Gasteiger partial charge on any atom is -0.478 e. The Morgan fingerprint density at radius 2 is 1.64 bits per heavy atom. The molecule has 4 saturated carbocycles. The second-order valence-electron chi connectivity index (χ2n) is 10.7. The fraction of sp³-hybridized carbons (Fsp3) is 0.731. The Balaban J connectivity index is 0.000000181. The third kappa shape index (κ3) is 3.53. The highest BCUT2D eigenvalue weighted by Crippen LogP contribution is 2.66. The van der Waals surface area contributed by atoms with E-state index < -0.39 is 5.97 Å². The molecule has 2 nitrogen and oxygen atoms in total. The summed E-state index contributed by atoms with van der Waals surface area (Å²) < 4.78 is 0. The predicted octanol–water partition coefficient (Wildman–Crippen LogP) is 7.19. The molecule has 6 atom stereocenters. The second-order valence-corrected chi connectivity index (χ2v) is 10.7. The van der Waals surface area contributed by atoms with Gasteiger partial charge in [0.2, 0.25) is 0 Å². The van der Waals surface area contributed by atoms with Crippen LogP contribution >= 0.6 is 0 Å². The number of carboxylic acid groups (broad SMARTS) is 1. The minimum absolute atomic E-state index is 0.331. The number of hydrogen-bond donors (Lipinski definition) is 1. The van der Waals surface area contributed by atoms with Gasteiger partial charge in [-0.05, 0) is 98.0 Å². The lowest BCUT2D eigenvalue weighted by Crippen LogP contribution is -2.51. The fourth-order valence-corrected chi connectivity index (χ4v) is 7.87. The van der Waals surface area contributed by atoms with Crippen LogP contribution in [-0.2, 0) is 0 Å². The first-order chi connectivity index (χ1) is 13.4. The summed E-state index contributed by atoms with van der Waals surface area (Å²) in [4.78, 5) is 10.2. The average Bonchev–Trinajstić information content (AvgIpc) is 3.10. The molecule has 0 radical (unpaired) electrons. The van der Waals surface area contributed by atoms with Gasteiger partial charge in [0, 0.05) is 0 Å². The van der Waals surface area contributed by atoms with Crippen LogP contribution in [0.5, 0.6) is 0 Å². The zero-order valence-corrected chi connectivity index (χ0v) is 17.8. The summed E-state index contributed by atoms with van der Waals surface area (Å²) in [5, 5.41) is 8.38. The van der Waals surface area contributed by atoms with E-state index in [9.17, 15) is 4.79 Å². The van der Waals surface area contributed by atoms with Crippen LogP contribution in [0.2, 0.25) is 0 Å². The topological polar surface area (TPSA) is 37.3 Å². The van der Waals surface area contributed by atoms with Gasteiger partial charge in [-0.2, -0.15) is 0 Å². The van der Waals surface area contributed by atoms with Gasteiger partial charge in [0.15, 0.2) is 0 Å².